The van der Waals surface area contributed by atoms with Crippen LogP contribution in [0.3, 0.4) is 0 Å². The highest BCUT2D eigenvalue weighted by Gasteiger charge is 2.12. The minimum absolute atomic E-state index is 0.277. The van der Waals surface area contributed by atoms with E-state index in [1.54, 1.807) is 25.2 Å². The Labute approximate surface area is 138 Å². The molecule has 0 aliphatic carbocycles. The highest BCUT2D eigenvalue weighted by Crippen LogP contribution is 2.20. The number of hydrogen-bond donors (Lipinski definition) is 3. The molecule has 1 aromatic heterocycles. The van der Waals surface area contributed by atoms with E-state index in [-0.39, 0.29) is 5.91 Å². The maximum Gasteiger partial charge on any atom is 0.274 e. The first-order valence-corrected chi connectivity index (χ1v) is 7.42. The number of nitrogens with zero attached hydrogens (tertiary/aromatic N) is 1. The Morgan fingerprint density at radius 3 is 2.65 bits per heavy atom. The summed E-state index contributed by atoms with van der Waals surface area (Å²) in [6, 6.07) is 16.7. The van der Waals surface area contributed by atoms with Gasteiger partial charge in [-0.1, -0.05) is 29.8 Å². The molecule has 23 heavy (non-hydrogen) atoms. The van der Waals surface area contributed by atoms with Gasteiger partial charge in [-0.3, -0.25) is 15.1 Å². The first-order valence-electron chi connectivity index (χ1n) is 7.04. The molecule has 5 nitrogen and oxygen atoms in total. The quantitative estimate of drug-likeness (QED) is 0.497. The monoisotopic (exact) mass is 326 g/mol. The topological polar surface area (TPSA) is 69.3 Å². The number of carbonyl (C=O) groups excluding carboxylic acids is 1. The number of halogens is 1. The summed E-state index contributed by atoms with van der Waals surface area (Å²) in [4.78, 5) is 19.5. The third kappa shape index (κ3) is 3.52. The van der Waals surface area contributed by atoms with Gasteiger partial charge in [0.2, 0.25) is 5.96 Å². The molecule has 1 heterocycles. The molecule has 2 aromatic carbocycles. The number of guanidine groups is 1. The third-order valence-corrected chi connectivity index (χ3v) is 3.55. The number of rotatable bonds is 2. The van der Waals surface area contributed by atoms with Crippen LogP contribution in [0.15, 0.2) is 59.6 Å². The molecule has 1 amide bonds. The smallest absolute Gasteiger partial charge is 0.274 e. The van der Waals surface area contributed by atoms with Crippen molar-refractivity contribution in [2.75, 3.05) is 12.4 Å². The van der Waals surface area contributed by atoms with Crippen molar-refractivity contribution in [3.63, 3.8) is 0 Å². The molecule has 3 N–H and O–H groups in total. The van der Waals surface area contributed by atoms with Crippen LogP contribution in [0.5, 0.6) is 0 Å². The number of fused-ring (bicyclic) bond motifs is 1. The predicted octanol–water partition coefficient (Wildman–Crippen LogP) is 3.65. The average Bonchev–Trinajstić information content (AvgIpc) is 2.98. The Kier molecular flexibility index (Phi) is 4.30. The number of amides is 1. The van der Waals surface area contributed by atoms with Gasteiger partial charge in [-0.2, -0.15) is 0 Å². The van der Waals surface area contributed by atoms with Gasteiger partial charge in [-0.05, 0) is 36.4 Å². The molecule has 0 aliphatic heterocycles. The molecule has 0 radical (unpaired) electrons. The van der Waals surface area contributed by atoms with Crippen molar-refractivity contribution in [2.45, 2.75) is 0 Å². The number of H-pyrrole nitrogens is 1. The molecule has 0 saturated heterocycles. The molecule has 0 saturated carbocycles. The van der Waals surface area contributed by atoms with Crippen molar-refractivity contribution in [3.8, 4) is 0 Å². The van der Waals surface area contributed by atoms with Gasteiger partial charge in [-0.15, -0.1) is 0 Å². The van der Waals surface area contributed by atoms with Gasteiger partial charge in [0, 0.05) is 28.7 Å². The number of aromatic nitrogens is 1. The van der Waals surface area contributed by atoms with Gasteiger partial charge in [0.05, 0.1) is 0 Å². The highest BCUT2D eigenvalue weighted by molar-refractivity contribution is 6.31. The van der Waals surface area contributed by atoms with Crippen LogP contribution < -0.4 is 10.6 Å². The number of benzene rings is 2. The predicted molar refractivity (Wildman–Crippen MR) is 94.2 cm³/mol. The van der Waals surface area contributed by atoms with E-state index >= 15 is 0 Å². The number of anilines is 1. The van der Waals surface area contributed by atoms with E-state index in [9.17, 15) is 4.79 Å². The van der Waals surface area contributed by atoms with Crippen molar-refractivity contribution in [1.29, 1.82) is 0 Å². The van der Waals surface area contributed by atoms with E-state index in [0.29, 0.717) is 16.7 Å². The molecule has 0 bridgehead atoms. The van der Waals surface area contributed by atoms with Crippen molar-refractivity contribution in [1.82, 2.24) is 10.3 Å². The van der Waals surface area contributed by atoms with Crippen LogP contribution in [-0.2, 0) is 0 Å². The maximum absolute atomic E-state index is 12.4. The summed E-state index contributed by atoms with van der Waals surface area (Å²) in [5.74, 6) is 0.0965. The normalized spacial score (nSPS) is 11.5. The zero-order valence-electron chi connectivity index (χ0n) is 12.4. The van der Waals surface area contributed by atoms with E-state index in [1.165, 1.54) is 0 Å². The molecule has 0 aliphatic rings. The fourth-order valence-electron chi connectivity index (χ4n) is 2.20. The Hall–Kier alpha value is -2.79. The molecule has 0 fully saturated rings. The van der Waals surface area contributed by atoms with Crippen molar-refractivity contribution in [3.05, 3.63) is 65.3 Å². The van der Waals surface area contributed by atoms with Gasteiger partial charge >= 0.3 is 0 Å². The summed E-state index contributed by atoms with van der Waals surface area (Å²) in [6.07, 6.45) is 0. The van der Waals surface area contributed by atoms with Crippen LogP contribution >= 0.6 is 11.6 Å². The third-order valence-electron chi connectivity index (χ3n) is 3.32. The fraction of sp³-hybridized carbons (Fsp3) is 0.0588. The molecule has 3 aromatic rings. The summed E-state index contributed by atoms with van der Waals surface area (Å²) in [6.45, 7) is 0. The Bertz CT molecular complexity index is 871. The fourth-order valence-corrected chi connectivity index (χ4v) is 2.38. The zero-order chi connectivity index (χ0) is 16.2. The lowest BCUT2D eigenvalue weighted by Gasteiger charge is -2.09. The van der Waals surface area contributed by atoms with E-state index in [1.807, 2.05) is 36.4 Å². The van der Waals surface area contributed by atoms with E-state index < -0.39 is 0 Å². The van der Waals surface area contributed by atoms with Crippen LogP contribution in [0.1, 0.15) is 10.5 Å². The second kappa shape index (κ2) is 6.54. The molecule has 0 atom stereocenters. The van der Waals surface area contributed by atoms with E-state index in [0.717, 1.165) is 16.6 Å². The Morgan fingerprint density at radius 2 is 1.91 bits per heavy atom. The summed E-state index contributed by atoms with van der Waals surface area (Å²) in [7, 11) is 1.61. The SMILES string of the molecule is CN=C(NC(=O)c1cc2cc(Cl)ccc2[nH]1)Nc1ccccc1. The van der Waals surface area contributed by atoms with Crippen molar-refractivity contribution in [2.24, 2.45) is 4.99 Å². The molecule has 0 spiro atoms. The molecule has 6 heteroatoms. The number of para-hydroxylation sites is 1. The Balaban J connectivity index is 1.76. The van der Waals surface area contributed by atoms with Crippen molar-refractivity contribution < 1.29 is 4.79 Å². The lowest BCUT2D eigenvalue weighted by Crippen LogP contribution is -2.36. The lowest BCUT2D eigenvalue weighted by atomic mass is 10.2. The number of aromatic amines is 1. The largest absolute Gasteiger partial charge is 0.351 e. The van der Waals surface area contributed by atoms with Gasteiger partial charge in [0.1, 0.15) is 5.69 Å². The average molecular weight is 327 g/mol. The van der Waals surface area contributed by atoms with Crippen LogP contribution in [0.2, 0.25) is 5.02 Å². The second-order valence-corrected chi connectivity index (χ2v) is 5.37. The van der Waals surface area contributed by atoms with Gasteiger partial charge in [0.25, 0.3) is 5.91 Å². The van der Waals surface area contributed by atoms with Crippen LogP contribution in [-0.4, -0.2) is 23.9 Å². The second-order valence-electron chi connectivity index (χ2n) is 4.93. The number of aliphatic imine (C=N–C) groups is 1. The van der Waals surface area contributed by atoms with Crippen LogP contribution in [0.25, 0.3) is 10.9 Å². The molecule has 3 rings (SSSR count). The zero-order valence-corrected chi connectivity index (χ0v) is 13.2. The van der Waals surface area contributed by atoms with Crippen LogP contribution in [0.4, 0.5) is 5.69 Å². The number of hydrogen-bond acceptors (Lipinski definition) is 2. The summed E-state index contributed by atoms with van der Waals surface area (Å²) >= 11 is 5.96. The maximum atomic E-state index is 12.4. The molecular weight excluding hydrogens is 312 g/mol. The molecule has 116 valence electrons. The van der Waals surface area contributed by atoms with Gasteiger partial charge < -0.3 is 10.3 Å². The van der Waals surface area contributed by atoms with Gasteiger partial charge in [-0.25, -0.2) is 0 Å². The van der Waals surface area contributed by atoms with Gasteiger partial charge in [0.15, 0.2) is 0 Å². The summed E-state index contributed by atoms with van der Waals surface area (Å²) < 4.78 is 0. The molecule has 0 unspecified atom stereocenters. The molecular formula is C17H15ClN4O. The minimum Gasteiger partial charge on any atom is -0.351 e. The highest BCUT2D eigenvalue weighted by atomic mass is 35.5. The summed E-state index contributed by atoms with van der Waals surface area (Å²) in [5.41, 5.74) is 2.14. The number of carbonyl (C=O) groups is 1. The standard InChI is InChI=1S/C17H15ClN4O/c1-19-17(20-13-5-3-2-4-6-13)22-16(23)15-10-11-9-12(18)7-8-14(11)21-15/h2-10,21H,1H3,(H2,19,20,22,23). The van der Waals surface area contributed by atoms with E-state index in [2.05, 4.69) is 20.6 Å². The Morgan fingerprint density at radius 1 is 1.13 bits per heavy atom. The van der Waals surface area contributed by atoms with Crippen molar-refractivity contribution >= 4 is 40.1 Å². The van der Waals surface area contributed by atoms with E-state index in [4.69, 9.17) is 11.6 Å². The minimum atomic E-state index is -0.277. The lowest BCUT2D eigenvalue weighted by molar-refractivity contribution is 0.0973. The first kappa shape index (κ1) is 15.1. The summed E-state index contributed by atoms with van der Waals surface area (Å²) in [5, 5.41) is 7.31. The van der Waals surface area contributed by atoms with Crippen LogP contribution in [0, 0.1) is 0 Å². The number of nitrogens with one attached hydrogen (secondary N) is 3. The first-order chi connectivity index (χ1) is 11.2.